The van der Waals surface area contributed by atoms with Crippen LogP contribution in [0.25, 0.3) is 0 Å². The zero-order valence-electron chi connectivity index (χ0n) is 24.6. The summed E-state index contributed by atoms with van der Waals surface area (Å²) < 4.78 is 13.9. The lowest BCUT2D eigenvalue weighted by molar-refractivity contribution is -0.126. The maximum atomic E-state index is 12.7. The van der Waals surface area contributed by atoms with Crippen molar-refractivity contribution in [2.75, 3.05) is 0 Å². The molecule has 4 aromatic carbocycles. The Balaban J connectivity index is 0.000000152. The second-order valence-corrected chi connectivity index (χ2v) is 14.7. The van der Waals surface area contributed by atoms with E-state index < -0.39 is 17.1 Å². The minimum Gasteiger partial charge on any atom is -0.485 e. The molecule has 4 aliphatic rings. The van der Waals surface area contributed by atoms with Crippen LogP contribution in [-0.4, -0.2) is 23.0 Å². The zero-order valence-corrected chi connectivity index (χ0v) is 30.1. The van der Waals surface area contributed by atoms with E-state index in [1.807, 2.05) is 60.7 Å². The predicted molar refractivity (Wildman–Crippen MR) is 191 cm³/mol. The summed E-state index contributed by atoms with van der Waals surface area (Å²) >= 11 is 24.0. The van der Waals surface area contributed by atoms with Crippen LogP contribution in [0.5, 0.6) is 11.5 Å². The summed E-state index contributed by atoms with van der Waals surface area (Å²) in [6.45, 7) is 0. The van der Waals surface area contributed by atoms with Crippen molar-refractivity contribution in [1.29, 1.82) is 0 Å². The molecule has 4 aromatic rings. The first-order valence-corrected chi connectivity index (χ1v) is 17.4. The van der Waals surface area contributed by atoms with Crippen molar-refractivity contribution >= 4 is 90.2 Å². The first kappa shape index (κ1) is 32.8. The Hall–Kier alpha value is -3.68. The molecule has 4 heterocycles. The van der Waals surface area contributed by atoms with Crippen LogP contribution >= 0.6 is 67.3 Å². The lowest BCUT2D eigenvalue weighted by atomic mass is 9.80. The number of ether oxygens (including phenoxy) is 2. The molecule has 48 heavy (non-hydrogen) atoms. The molecule has 14 heteroatoms. The number of amides is 4. The predicted octanol–water partition coefficient (Wildman–Crippen LogP) is 7.49. The molecule has 8 rings (SSSR count). The van der Waals surface area contributed by atoms with E-state index in [1.54, 1.807) is 24.3 Å². The van der Waals surface area contributed by atoms with E-state index in [1.165, 1.54) is 0 Å². The molecule has 2 spiro atoms. The topological polar surface area (TPSA) is 118 Å². The van der Waals surface area contributed by atoms with Crippen molar-refractivity contribution in [2.24, 2.45) is 0 Å². The van der Waals surface area contributed by atoms with Gasteiger partial charge in [0, 0.05) is 43.0 Å². The largest absolute Gasteiger partial charge is 0.485 e. The average molecular weight is 831 g/mol. The smallest absolute Gasteiger partial charge is 0.322 e. The van der Waals surface area contributed by atoms with Crippen LogP contribution in [0.3, 0.4) is 0 Å². The Labute approximate surface area is 307 Å². The van der Waals surface area contributed by atoms with Crippen LogP contribution in [0.4, 0.5) is 4.79 Å². The first-order chi connectivity index (χ1) is 23.0. The lowest BCUT2D eigenvalue weighted by Gasteiger charge is -2.38. The van der Waals surface area contributed by atoms with Crippen LogP contribution in [0.2, 0.25) is 10.0 Å². The number of thiocarbonyl (C=S) groups is 1. The van der Waals surface area contributed by atoms with E-state index in [-0.39, 0.29) is 24.0 Å². The molecule has 9 nitrogen and oxygen atoms in total. The Morgan fingerprint density at radius 1 is 0.646 bits per heavy atom. The molecule has 4 amide bonds. The monoisotopic (exact) mass is 828 g/mol. The van der Waals surface area contributed by atoms with Gasteiger partial charge in [-0.2, -0.15) is 0 Å². The van der Waals surface area contributed by atoms with Gasteiger partial charge in [0.25, 0.3) is 11.8 Å². The van der Waals surface area contributed by atoms with Gasteiger partial charge in [0.2, 0.25) is 0 Å². The van der Waals surface area contributed by atoms with Crippen molar-refractivity contribution in [3.8, 4) is 11.5 Å². The molecular formula is C34H24Br2Cl2N4O5S. The van der Waals surface area contributed by atoms with Crippen LogP contribution in [-0.2, 0) is 20.7 Å². The molecule has 4 N–H and O–H groups in total. The van der Waals surface area contributed by atoms with Gasteiger partial charge in [-0.3, -0.25) is 14.9 Å². The summed E-state index contributed by atoms with van der Waals surface area (Å²) in [5, 5.41) is 12.6. The molecular weight excluding hydrogens is 807 g/mol. The maximum Gasteiger partial charge on any atom is 0.322 e. The summed E-state index contributed by atoms with van der Waals surface area (Å²) in [5.74, 6) is 0.710. The Morgan fingerprint density at radius 2 is 1.08 bits per heavy atom. The Bertz CT molecular complexity index is 1860. The fourth-order valence-corrected chi connectivity index (χ4v) is 7.66. The highest BCUT2D eigenvalue weighted by atomic mass is 79.9. The fourth-order valence-electron chi connectivity index (χ4n) is 6.42. The van der Waals surface area contributed by atoms with Gasteiger partial charge in [0.05, 0.1) is 0 Å². The molecule has 4 atom stereocenters. The van der Waals surface area contributed by atoms with Crippen molar-refractivity contribution in [1.82, 2.24) is 21.3 Å². The molecule has 4 aliphatic heterocycles. The number of hydrogen-bond donors (Lipinski definition) is 4. The van der Waals surface area contributed by atoms with Crippen LogP contribution in [0, 0.1) is 0 Å². The normalized spacial score (nSPS) is 25.0. The van der Waals surface area contributed by atoms with Crippen LogP contribution in [0.1, 0.15) is 47.3 Å². The number of hydrogen-bond acceptors (Lipinski definition) is 6. The lowest BCUT2D eigenvalue weighted by Crippen LogP contribution is -2.48. The second-order valence-electron chi connectivity index (χ2n) is 11.6. The van der Waals surface area contributed by atoms with Crippen LogP contribution in [0.15, 0.2) is 93.9 Å². The van der Waals surface area contributed by atoms with E-state index in [0.29, 0.717) is 45.1 Å². The molecule has 0 radical (unpaired) electrons. The van der Waals surface area contributed by atoms with Gasteiger partial charge in [-0.25, -0.2) is 4.79 Å². The number of benzene rings is 4. The van der Waals surface area contributed by atoms with Gasteiger partial charge in [-0.15, -0.1) is 0 Å². The van der Waals surface area contributed by atoms with Gasteiger partial charge >= 0.3 is 6.03 Å². The van der Waals surface area contributed by atoms with E-state index in [2.05, 4.69) is 53.1 Å². The molecule has 0 bridgehead atoms. The number of carbonyl (C=O) groups is 3. The molecule has 244 valence electrons. The highest BCUT2D eigenvalue weighted by Crippen LogP contribution is 2.48. The van der Waals surface area contributed by atoms with Gasteiger partial charge in [-0.1, -0.05) is 79.3 Å². The van der Waals surface area contributed by atoms with Crippen LogP contribution < -0.4 is 30.7 Å². The van der Waals surface area contributed by atoms with Crippen molar-refractivity contribution in [3.63, 3.8) is 0 Å². The quantitative estimate of drug-likeness (QED) is 0.122. The molecule has 2 fully saturated rings. The number of rotatable bonds is 2. The highest BCUT2D eigenvalue weighted by molar-refractivity contribution is 9.10. The van der Waals surface area contributed by atoms with Gasteiger partial charge in [0.1, 0.15) is 23.7 Å². The minimum atomic E-state index is -1.14. The van der Waals surface area contributed by atoms with Gasteiger partial charge in [-0.05, 0) is 84.0 Å². The number of urea groups is 1. The van der Waals surface area contributed by atoms with E-state index >= 15 is 0 Å². The van der Waals surface area contributed by atoms with Gasteiger partial charge < -0.3 is 25.4 Å². The summed E-state index contributed by atoms with van der Waals surface area (Å²) in [7, 11) is 0. The fraction of sp³-hybridized carbons (Fsp3) is 0.176. The zero-order chi connectivity index (χ0) is 33.8. The number of carbonyl (C=O) groups excluding carboxylic acids is 3. The average Bonchev–Trinajstić information content (AvgIpc) is 3.50. The van der Waals surface area contributed by atoms with E-state index in [4.69, 9.17) is 44.9 Å². The van der Waals surface area contributed by atoms with Crippen molar-refractivity contribution in [2.45, 2.75) is 36.1 Å². The summed E-state index contributed by atoms with van der Waals surface area (Å²) in [6.07, 6.45) is 0.0786. The Kier molecular flexibility index (Phi) is 8.66. The van der Waals surface area contributed by atoms with Crippen molar-refractivity contribution in [3.05, 3.63) is 126 Å². The molecule has 0 aliphatic carbocycles. The SMILES string of the molecule is O=C1NC(=O)C2(CC(c3ccc(Cl)cc3)Oc3ccc(Br)cc32)N1.O=C1NC(=S)NC12CC(c1ccc(Cl)cc1)Oc1ccc(Br)cc12. The molecule has 0 aromatic heterocycles. The number of nitrogens with one attached hydrogen (secondary N) is 4. The van der Waals surface area contributed by atoms with Gasteiger partial charge in [0.15, 0.2) is 16.2 Å². The summed E-state index contributed by atoms with van der Waals surface area (Å²) in [4.78, 5) is 37.1. The van der Waals surface area contributed by atoms with E-state index in [0.717, 1.165) is 25.6 Å². The standard InChI is InChI=1S/C17H12BrClN2O3.C17H12BrClN2O2S/c18-10-3-6-13-12(7-10)17(15(22)20-16(23)21-17)8-14(24-13)9-1-4-11(19)5-2-9;18-10-3-6-13-12(7-10)17(15(22)20-16(24)21-17)8-14(23-13)9-1-4-11(19)5-2-9/h1-7,14H,8H2,(H2,20,21,22,23);1-7,14H,8H2,(H2,20,21,22,24). The molecule has 0 saturated carbocycles. The third-order valence-corrected chi connectivity index (χ3v) is 10.4. The third kappa shape index (κ3) is 5.94. The molecule has 4 unspecified atom stereocenters. The maximum absolute atomic E-state index is 12.7. The Morgan fingerprint density at radius 3 is 1.48 bits per heavy atom. The first-order valence-electron chi connectivity index (χ1n) is 14.7. The summed E-state index contributed by atoms with van der Waals surface area (Å²) in [5.41, 5.74) is 1.20. The molecule has 2 saturated heterocycles. The second kappa shape index (κ2) is 12.6. The third-order valence-electron chi connectivity index (χ3n) is 8.69. The number of halogens is 4. The van der Waals surface area contributed by atoms with Crippen molar-refractivity contribution < 1.29 is 23.9 Å². The number of fused-ring (bicyclic) bond motifs is 4. The number of imide groups is 1. The highest BCUT2D eigenvalue weighted by Gasteiger charge is 2.54. The minimum absolute atomic E-state index is 0.158. The van der Waals surface area contributed by atoms with E-state index in [9.17, 15) is 14.4 Å². The summed E-state index contributed by atoms with van der Waals surface area (Å²) in [6, 6.07) is 25.3.